The number of aryl methyl sites for hydroxylation is 1. The van der Waals surface area contributed by atoms with Gasteiger partial charge in [-0.05, 0) is 42.5 Å². The van der Waals surface area contributed by atoms with Gasteiger partial charge in [0, 0.05) is 31.5 Å². The molecule has 0 spiro atoms. The topological polar surface area (TPSA) is 45.2 Å². The van der Waals surface area contributed by atoms with Crippen LogP contribution in [-0.4, -0.2) is 34.9 Å². The van der Waals surface area contributed by atoms with Crippen LogP contribution >= 0.6 is 11.3 Å². The third kappa shape index (κ3) is 2.67. The molecule has 0 unspecified atom stereocenters. The number of carbonyl (C=O) groups is 1. The molecule has 0 aromatic carbocycles. The van der Waals surface area contributed by atoms with Gasteiger partial charge in [-0.1, -0.05) is 0 Å². The summed E-state index contributed by atoms with van der Waals surface area (Å²) in [7, 11) is 0. The molecule has 1 fully saturated rings. The maximum Gasteiger partial charge on any atom is 0.264 e. The minimum absolute atomic E-state index is 0.160. The number of nitrogens with zero attached hydrogens (tertiary/aromatic N) is 2. The van der Waals surface area contributed by atoms with E-state index in [1.807, 2.05) is 41.6 Å². The van der Waals surface area contributed by atoms with E-state index in [0.29, 0.717) is 6.04 Å². The largest absolute Gasteiger partial charge is 0.379 e. The minimum Gasteiger partial charge on any atom is -0.379 e. The maximum atomic E-state index is 12.4. The average molecular weight is 287 g/mol. The third-order valence-corrected chi connectivity index (χ3v) is 4.57. The zero-order chi connectivity index (χ0) is 13.9. The van der Waals surface area contributed by atoms with Crippen molar-refractivity contribution in [3.8, 4) is 0 Å². The lowest BCUT2D eigenvalue weighted by Crippen LogP contribution is -2.31. The van der Waals surface area contributed by atoms with Crippen LogP contribution in [0, 0.1) is 6.92 Å². The molecule has 1 N–H and O–H groups in total. The average Bonchev–Trinajstić information content (AvgIpc) is 3.08. The molecule has 1 saturated heterocycles. The molecular weight excluding hydrogens is 270 g/mol. The van der Waals surface area contributed by atoms with Crippen LogP contribution in [0.25, 0.3) is 0 Å². The van der Waals surface area contributed by atoms with E-state index in [2.05, 4.69) is 10.3 Å². The maximum absolute atomic E-state index is 12.4. The molecule has 20 heavy (non-hydrogen) atoms. The normalized spacial score (nSPS) is 18.2. The van der Waals surface area contributed by atoms with Crippen molar-refractivity contribution in [1.29, 1.82) is 0 Å². The Labute approximate surface area is 122 Å². The van der Waals surface area contributed by atoms with Crippen LogP contribution in [0.4, 0.5) is 5.69 Å². The van der Waals surface area contributed by atoms with Gasteiger partial charge in [0.2, 0.25) is 0 Å². The van der Waals surface area contributed by atoms with Gasteiger partial charge in [-0.25, -0.2) is 0 Å². The molecule has 2 aromatic heterocycles. The minimum atomic E-state index is 0.160. The number of nitrogens with one attached hydrogen (secondary N) is 1. The van der Waals surface area contributed by atoms with Gasteiger partial charge in [0.15, 0.2) is 0 Å². The smallest absolute Gasteiger partial charge is 0.264 e. The van der Waals surface area contributed by atoms with Crippen molar-refractivity contribution in [3.05, 3.63) is 46.4 Å². The number of likely N-dealkylation sites (tertiary alicyclic amines) is 1. The highest BCUT2D eigenvalue weighted by Crippen LogP contribution is 2.22. The number of thiophene rings is 1. The summed E-state index contributed by atoms with van der Waals surface area (Å²) in [6, 6.07) is 6.22. The molecular formula is C15H17N3OS. The van der Waals surface area contributed by atoms with E-state index >= 15 is 0 Å². The zero-order valence-electron chi connectivity index (χ0n) is 11.4. The fraction of sp³-hybridized carbons (Fsp3) is 0.333. The quantitative estimate of drug-likeness (QED) is 0.944. The van der Waals surface area contributed by atoms with E-state index < -0.39 is 0 Å². The number of hydrogen-bond donors (Lipinski definition) is 1. The number of pyridine rings is 1. The molecule has 1 aliphatic heterocycles. The Balaban J connectivity index is 1.62. The van der Waals surface area contributed by atoms with Gasteiger partial charge in [0.25, 0.3) is 5.91 Å². The Kier molecular flexibility index (Phi) is 3.69. The second-order valence-corrected chi connectivity index (χ2v) is 5.97. The van der Waals surface area contributed by atoms with Crippen molar-refractivity contribution in [2.24, 2.45) is 0 Å². The van der Waals surface area contributed by atoms with Gasteiger partial charge >= 0.3 is 0 Å². The van der Waals surface area contributed by atoms with Crippen LogP contribution in [0.15, 0.2) is 36.0 Å². The Morgan fingerprint density at radius 1 is 1.50 bits per heavy atom. The predicted octanol–water partition coefficient (Wildman–Crippen LogP) is 2.78. The molecule has 1 amide bonds. The number of amides is 1. The summed E-state index contributed by atoms with van der Waals surface area (Å²) in [5.41, 5.74) is 2.09. The van der Waals surface area contributed by atoms with Crippen LogP contribution in [0.1, 0.15) is 21.7 Å². The molecule has 3 rings (SSSR count). The number of hydrogen-bond acceptors (Lipinski definition) is 4. The Hall–Kier alpha value is -1.88. The SMILES string of the molecule is Cc1ccsc1C(=O)N1CC[C@H](Nc2cccnc2)C1. The van der Waals surface area contributed by atoms with Crippen LogP contribution in [0.5, 0.6) is 0 Å². The van der Waals surface area contributed by atoms with Crippen molar-refractivity contribution in [3.63, 3.8) is 0 Å². The summed E-state index contributed by atoms with van der Waals surface area (Å²) >= 11 is 1.53. The van der Waals surface area contributed by atoms with Crippen LogP contribution in [0.2, 0.25) is 0 Å². The van der Waals surface area contributed by atoms with Gasteiger partial charge in [-0.2, -0.15) is 0 Å². The molecule has 0 radical (unpaired) electrons. The van der Waals surface area contributed by atoms with E-state index in [-0.39, 0.29) is 5.91 Å². The van der Waals surface area contributed by atoms with E-state index in [0.717, 1.165) is 35.6 Å². The van der Waals surface area contributed by atoms with Crippen molar-refractivity contribution in [2.75, 3.05) is 18.4 Å². The summed E-state index contributed by atoms with van der Waals surface area (Å²) in [6.45, 7) is 3.56. The molecule has 0 bridgehead atoms. The Bertz CT molecular complexity index is 596. The molecule has 1 aliphatic rings. The fourth-order valence-corrected chi connectivity index (χ4v) is 3.37. The van der Waals surface area contributed by atoms with Crippen LogP contribution < -0.4 is 5.32 Å². The number of anilines is 1. The monoisotopic (exact) mass is 287 g/mol. The second kappa shape index (κ2) is 5.63. The zero-order valence-corrected chi connectivity index (χ0v) is 12.2. The highest BCUT2D eigenvalue weighted by Gasteiger charge is 2.28. The highest BCUT2D eigenvalue weighted by atomic mass is 32.1. The van der Waals surface area contributed by atoms with Gasteiger partial charge in [0.05, 0.1) is 10.6 Å². The molecule has 5 heteroatoms. The summed E-state index contributed by atoms with van der Waals surface area (Å²) < 4.78 is 0. The summed E-state index contributed by atoms with van der Waals surface area (Å²) in [4.78, 5) is 19.3. The van der Waals surface area contributed by atoms with Crippen molar-refractivity contribution < 1.29 is 4.79 Å². The van der Waals surface area contributed by atoms with Gasteiger partial charge in [0.1, 0.15) is 0 Å². The van der Waals surface area contributed by atoms with Crippen LogP contribution in [0.3, 0.4) is 0 Å². The summed E-state index contributed by atoms with van der Waals surface area (Å²) in [5.74, 6) is 0.160. The Morgan fingerprint density at radius 3 is 3.10 bits per heavy atom. The predicted molar refractivity (Wildman–Crippen MR) is 81.2 cm³/mol. The van der Waals surface area contributed by atoms with Crippen molar-refractivity contribution >= 4 is 22.9 Å². The van der Waals surface area contributed by atoms with Crippen molar-refractivity contribution in [1.82, 2.24) is 9.88 Å². The number of rotatable bonds is 3. The molecule has 3 heterocycles. The fourth-order valence-electron chi connectivity index (χ4n) is 2.48. The van der Waals surface area contributed by atoms with E-state index in [4.69, 9.17) is 0 Å². The number of aromatic nitrogens is 1. The summed E-state index contributed by atoms with van der Waals surface area (Å²) in [6.07, 6.45) is 4.55. The van der Waals surface area contributed by atoms with E-state index in [1.54, 1.807) is 6.20 Å². The van der Waals surface area contributed by atoms with E-state index in [9.17, 15) is 4.79 Å². The number of carbonyl (C=O) groups excluding carboxylic acids is 1. The lowest BCUT2D eigenvalue weighted by Gasteiger charge is -2.17. The lowest BCUT2D eigenvalue weighted by molar-refractivity contribution is 0.0796. The third-order valence-electron chi connectivity index (χ3n) is 3.56. The Morgan fingerprint density at radius 2 is 2.40 bits per heavy atom. The van der Waals surface area contributed by atoms with Gasteiger partial charge in [-0.15, -0.1) is 11.3 Å². The van der Waals surface area contributed by atoms with Crippen LogP contribution in [-0.2, 0) is 0 Å². The first-order valence-electron chi connectivity index (χ1n) is 6.74. The molecule has 1 atom stereocenters. The molecule has 4 nitrogen and oxygen atoms in total. The first kappa shape index (κ1) is 13.1. The second-order valence-electron chi connectivity index (χ2n) is 5.06. The first-order valence-corrected chi connectivity index (χ1v) is 7.62. The first-order chi connectivity index (χ1) is 9.74. The van der Waals surface area contributed by atoms with Gasteiger partial charge in [-0.3, -0.25) is 9.78 Å². The van der Waals surface area contributed by atoms with Gasteiger partial charge < -0.3 is 10.2 Å². The standard InChI is InChI=1S/C15H17N3OS/c1-11-5-8-20-14(11)15(19)18-7-4-13(10-18)17-12-3-2-6-16-9-12/h2-3,5-6,8-9,13,17H,4,7,10H2,1H3/t13-/m0/s1. The van der Waals surface area contributed by atoms with Crippen molar-refractivity contribution in [2.45, 2.75) is 19.4 Å². The summed E-state index contributed by atoms with van der Waals surface area (Å²) in [5, 5.41) is 5.41. The highest BCUT2D eigenvalue weighted by molar-refractivity contribution is 7.12. The molecule has 0 aliphatic carbocycles. The lowest BCUT2D eigenvalue weighted by atomic mass is 10.2. The molecule has 2 aromatic rings. The molecule has 104 valence electrons. The molecule has 0 saturated carbocycles. The van der Waals surface area contributed by atoms with E-state index in [1.165, 1.54) is 11.3 Å².